The first-order valence-electron chi connectivity index (χ1n) is 8.93. The number of fused-ring (bicyclic) bond motifs is 1. The summed E-state index contributed by atoms with van der Waals surface area (Å²) in [6.45, 7) is 6.93. The van der Waals surface area contributed by atoms with Gasteiger partial charge >= 0.3 is 0 Å². The van der Waals surface area contributed by atoms with Crippen LogP contribution in [0.1, 0.15) is 48.4 Å². The molecule has 2 heterocycles. The molecule has 0 N–H and O–H groups in total. The summed E-state index contributed by atoms with van der Waals surface area (Å²) in [5, 5.41) is 4.17. The summed E-state index contributed by atoms with van der Waals surface area (Å²) in [7, 11) is 0. The summed E-state index contributed by atoms with van der Waals surface area (Å²) in [6.07, 6.45) is 0.678. The van der Waals surface area contributed by atoms with Crippen LogP contribution in [-0.4, -0.2) is 19.7 Å². The maximum absolute atomic E-state index is 5.52. The first kappa shape index (κ1) is 16.5. The van der Waals surface area contributed by atoms with Gasteiger partial charge in [-0.15, -0.1) is 0 Å². The van der Waals surface area contributed by atoms with Gasteiger partial charge in [0.15, 0.2) is 5.82 Å². The summed E-state index contributed by atoms with van der Waals surface area (Å²) in [4.78, 5) is 9.37. The molecule has 0 spiro atoms. The van der Waals surface area contributed by atoms with Crippen LogP contribution in [0.2, 0.25) is 0 Å². The van der Waals surface area contributed by atoms with Gasteiger partial charge in [-0.25, -0.2) is 4.98 Å². The van der Waals surface area contributed by atoms with Crippen molar-refractivity contribution in [2.45, 2.75) is 39.7 Å². The molecule has 2 aromatic heterocycles. The molecule has 5 nitrogen and oxygen atoms in total. The lowest BCUT2D eigenvalue weighted by Gasteiger charge is -2.08. The van der Waals surface area contributed by atoms with Crippen molar-refractivity contribution in [3.63, 3.8) is 0 Å². The van der Waals surface area contributed by atoms with Gasteiger partial charge in [-0.3, -0.25) is 0 Å². The molecule has 0 saturated carbocycles. The van der Waals surface area contributed by atoms with Crippen LogP contribution in [0.25, 0.3) is 11.0 Å². The van der Waals surface area contributed by atoms with E-state index < -0.39 is 0 Å². The molecular weight excluding hydrogens is 324 g/mol. The van der Waals surface area contributed by atoms with Crippen molar-refractivity contribution in [3.05, 3.63) is 77.2 Å². The molecule has 0 atom stereocenters. The van der Waals surface area contributed by atoms with Crippen LogP contribution in [0.5, 0.6) is 0 Å². The zero-order valence-electron chi connectivity index (χ0n) is 15.3. The second kappa shape index (κ2) is 6.75. The minimum atomic E-state index is 0.316. The maximum atomic E-state index is 5.52. The number of aryl methyl sites for hydroxylation is 1. The van der Waals surface area contributed by atoms with Crippen molar-refractivity contribution in [2.24, 2.45) is 0 Å². The Hall–Kier alpha value is -2.95. The normalized spacial score (nSPS) is 11.5. The number of aromatic nitrogens is 4. The monoisotopic (exact) mass is 346 g/mol. The Morgan fingerprint density at radius 2 is 1.77 bits per heavy atom. The highest BCUT2D eigenvalue weighted by molar-refractivity contribution is 5.76. The van der Waals surface area contributed by atoms with E-state index in [2.05, 4.69) is 53.7 Å². The van der Waals surface area contributed by atoms with Crippen molar-refractivity contribution < 1.29 is 4.52 Å². The Bertz CT molecular complexity index is 1050. The van der Waals surface area contributed by atoms with E-state index in [1.807, 2.05) is 30.3 Å². The SMILES string of the molecule is Cc1ccccc1Cc1noc(Cn2c(C(C)C)nc3ccccc32)n1. The third-order valence-corrected chi connectivity index (χ3v) is 4.61. The molecule has 0 saturated heterocycles. The Kier molecular flexibility index (Phi) is 4.29. The zero-order valence-corrected chi connectivity index (χ0v) is 15.3. The average Bonchev–Trinajstić information content (AvgIpc) is 3.22. The Balaban J connectivity index is 1.63. The molecule has 0 aliphatic carbocycles. The Morgan fingerprint density at radius 3 is 2.58 bits per heavy atom. The van der Waals surface area contributed by atoms with Gasteiger partial charge in [0.05, 0.1) is 11.0 Å². The van der Waals surface area contributed by atoms with E-state index in [9.17, 15) is 0 Å². The molecule has 0 aliphatic heterocycles. The predicted molar refractivity (Wildman–Crippen MR) is 101 cm³/mol. The summed E-state index contributed by atoms with van der Waals surface area (Å²) in [5.41, 5.74) is 4.54. The van der Waals surface area contributed by atoms with Gasteiger partial charge in [0, 0.05) is 12.3 Å². The molecule has 4 rings (SSSR count). The maximum Gasteiger partial charge on any atom is 0.246 e. The number of hydrogen-bond donors (Lipinski definition) is 0. The van der Waals surface area contributed by atoms with E-state index in [1.165, 1.54) is 11.1 Å². The van der Waals surface area contributed by atoms with Crippen molar-refractivity contribution in [1.29, 1.82) is 0 Å². The Labute approximate surface area is 152 Å². The molecule has 132 valence electrons. The number of para-hydroxylation sites is 2. The highest BCUT2D eigenvalue weighted by Gasteiger charge is 2.16. The number of benzene rings is 2. The van der Waals surface area contributed by atoms with Crippen molar-refractivity contribution in [1.82, 2.24) is 19.7 Å². The van der Waals surface area contributed by atoms with Gasteiger partial charge in [0.1, 0.15) is 12.4 Å². The third-order valence-electron chi connectivity index (χ3n) is 4.61. The largest absolute Gasteiger partial charge is 0.337 e. The van der Waals surface area contributed by atoms with Gasteiger partial charge in [-0.2, -0.15) is 4.98 Å². The molecular formula is C21H22N4O. The molecule has 5 heteroatoms. The fraction of sp³-hybridized carbons (Fsp3) is 0.286. The van der Waals surface area contributed by atoms with Crippen LogP contribution < -0.4 is 0 Å². The quantitative estimate of drug-likeness (QED) is 0.534. The van der Waals surface area contributed by atoms with E-state index >= 15 is 0 Å². The van der Waals surface area contributed by atoms with Crippen molar-refractivity contribution in [3.8, 4) is 0 Å². The van der Waals surface area contributed by atoms with Gasteiger partial charge in [-0.05, 0) is 30.2 Å². The number of nitrogens with zero attached hydrogens (tertiary/aromatic N) is 4. The minimum absolute atomic E-state index is 0.316. The van der Waals surface area contributed by atoms with E-state index in [0.29, 0.717) is 30.6 Å². The van der Waals surface area contributed by atoms with E-state index in [0.717, 1.165) is 16.9 Å². The van der Waals surface area contributed by atoms with Gasteiger partial charge in [-0.1, -0.05) is 55.4 Å². The first-order valence-corrected chi connectivity index (χ1v) is 8.93. The standard InChI is InChI=1S/C21H22N4O/c1-14(2)21-22-17-10-6-7-11-18(17)25(21)13-20-23-19(24-26-20)12-16-9-5-4-8-15(16)3/h4-11,14H,12-13H2,1-3H3. The van der Waals surface area contributed by atoms with E-state index in [1.54, 1.807) is 0 Å². The van der Waals surface area contributed by atoms with Crippen molar-refractivity contribution >= 4 is 11.0 Å². The lowest BCUT2D eigenvalue weighted by molar-refractivity contribution is 0.366. The summed E-state index contributed by atoms with van der Waals surface area (Å²) in [6, 6.07) is 16.4. The average molecular weight is 346 g/mol. The van der Waals surface area contributed by atoms with Crippen LogP contribution in [0.4, 0.5) is 0 Å². The van der Waals surface area contributed by atoms with E-state index in [-0.39, 0.29) is 0 Å². The first-order chi connectivity index (χ1) is 12.6. The van der Waals surface area contributed by atoms with Crippen LogP contribution in [0, 0.1) is 6.92 Å². The third kappa shape index (κ3) is 3.12. The van der Waals surface area contributed by atoms with Crippen LogP contribution in [0.15, 0.2) is 53.1 Å². The van der Waals surface area contributed by atoms with Crippen molar-refractivity contribution in [2.75, 3.05) is 0 Å². The molecule has 0 unspecified atom stereocenters. The summed E-state index contributed by atoms with van der Waals surface area (Å²) >= 11 is 0. The van der Waals surface area contributed by atoms with Crippen LogP contribution >= 0.6 is 0 Å². The summed E-state index contributed by atoms with van der Waals surface area (Å²) < 4.78 is 7.70. The number of rotatable bonds is 5. The highest BCUT2D eigenvalue weighted by Crippen LogP contribution is 2.23. The highest BCUT2D eigenvalue weighted by atomic mass is 16.5. The minimum Gasteiger partial charge on any atom is -0.337 e. The molecule has 0 radical (unpaired) electrons. The van der Waals surface area contributed by atoms with E-state index in [4.69, 9.17) is 9.51 Å². The fourth-order valence-corrected chi connectivity index (χ4v) is 3.24. The van der Waals surface area contributed by atoms with Crippen LogP contribution in [0.3, 0.4) is 0 Å². The molecule has 0 fully saturated rings. The smallest absolute Gasteiger partial charge is 0.246 e. The second-order valence-corrected chi connectivity index (χ2v) is 6.91. The molecule has 0 amide bonds. The molecule has 26 heavy (non-hydrogen) atoms. The predicted octanol–water partition coefficient (Wildman–Crippen LogP) is 4.49. The molecule has 2 aromatic carbocycles. The Morgan fingerprint density at radius 1 is 1.00 bits per heavy atom. The molecule has 4 aromatic rings. The lowest BCUT2D eigenvalue weighted by Crippen LogP contribution is -2.07. The number of imidazole rings is 1. The fourth-order valence-electron chi connectivity index (χ4n) is 3.24. The zero-order chi connectivity index (χ0) is 18.1. The van der Waals surface area contributed by atoms with Crippen LogP contribution in [-0.2, 0) is 13.0 Å². The topological polar surface area (TPSA) is 56.7 Å². The number of hydrogen-bond acceptors (Lipinski definition) is 4. The lowest BCUT2D eigenvalue weighted by atomic mass is 10.1. The van der Waals surface area contributed by atoms with Gasteiger partial charge < -0.3 is 9.09 Å². The molecule has 0 bridgehead atoms. The summed E-state index contributed by atoms with van der Waals surface area (Å²) in [5.74, 6) is 2.67. The molecule has 0 aliphatic rings. The second-order valence-electron chi connectivity index (χ2n) is 6.91. The van der Waals surface area contributed by atoms with Gasteiger partial charge in [0.2, 0.25) is 5.89 Å². The van der Waals surface area contributed by atoms with Gasteiger partial charge in [0.25, 0.3) is 0 Å².